The first-order chi connectivity index (χ1) is 8.72. The summed E-state index contributed by atoms with van der Waals surface area (Å²) in [7, 11) is 0. The fraction of sp³-hybridized carbons (Fsp3) is 0.733. The highest BCUT2D eigenvalue weighted by Crippen LogP contribution is 2.15. The van der Waals surface area contributed by atoms with E-state index in [1.807, 2.05) is 12.3 Å². The Morgan fingerprint density at radius 3 is 2.61 bits per heavy atom. The average molecular weight is 249 g/mol. The van der Waals surface area contributed by atoms with Crippen LogP contribution in [0.2, 0.25) is 0 Å². The van der Waals surface area contributed by atoms with Crippen LogP contribution in [0.4, 0.5) is 5.95 Å². The minimum absolute atomic E-state index is 0.508. The van der Waals surface area contributed by atoms with Crippen molar-refractivity contribution < 1.29 is 0 Å². The van der Waals surface area contributed by atoms with E-state index in [1.54, 1.807) is 0 Å². The maximum atomic E-state index is 4.70. The van der Waals surface area contributed by atoms with Gasteiger partial charge in [-0.25, -0.2) is 9.97 Å². The highest BCUT2D eigenvalue weighted by atomic mass is 15.3. The van der Waals surface area contributed by atoms with Crippen LogP contribution in [0, 0.1) is 0 Å². The van der Waals surface area contributed by atoms with Crippen molar-refractivity contribution in [2.45, 2.75) is 65.8 Å². The van der Waals surface area contributed by atoms with E-state index in [0.29, 0.717) is 6.04 Å². The average Bonchev–Trinajstić information content (AvgIpc) is 2.39. The smallest absolute Gasteiger partial charge is 0.225 e. The van der Waals surface area contributed by atoms with Crippen molar-refractivity contribution in [2.24, 2.45) is 0 Å². The SMILES string of the molecule is CCCCN(c1nccc(CCC)n1)C(C)CC. The van der Waals surface area contributed by atoms with Crippen LogP contribution in [0.5, 0.6) is 0 Å². The molecular formula is C15H27N3. The summed E-state index contributed by atoms with van der Waals surface area (Å²) in [5, 5.41) is 0. The quantitative estimate of drug-likeness (QED) is 0.701. The largest absolute Gasteiger partial charge is 0.338 e. The van der Waals surface area contributed by atoms with E-state index in [9.17, 15) is 0 Å². The second-order valence-corrected chi connectivity index (χ2v) is 4.90. The van der Waals surface area contributed by atoms with Gasteiger partial charge in [0.1, 0.15) is 0 Å². The van der Waals surface area contributed by atoms with Crippen LogP contribution in [-0.2, 0) is 6.42 Å². The summed E-state index contributed by atoms with van der Waals surface area (Å²) in [5.74, 6) is 0.906. The van der Waals surface area contributed by atoms with E-state index < -0.39 is 0 Å². The lowest BCUT2D eigenvalue weighted by atomic mass is 10.2. The number of hydrogen-bond acceptors (Lipinski definition) is 3. The predicted molar refractivity (Wildman–Crippen MR) is 78.0 cm³/mol. The number of aromatic nitrogens is 2. The second kappa shape index (κ2) is 8.06. The van der Waals surface area contributed by atoms with E-state index in [0.717, 1.165) is 37.4 Å². The third kappa shape index (κ3) is 4.28. The summed E-state index contributed by atoms with van der Waals surface area (Å²) in [4.78, 5) is 11.5. The number of hydrogen-bond donors (Lipinski definition) is 0. The normalized spacial score (nSPS) is 12.4. The van der Waals surface area contributed by atoms with Crippen LogP contribution < -0.4 is 4.90 Å². The monoisotopic (exact) mass is 249 g/mol. The number of nitrogens with zero attached hydrogens (tertiary/aromatic N) is 3. The highest BCUT2D eigenvalue weighted by molar-refractivity contribution is 5.31. The molecule has 0 N–H and O–H groups in total. The molecule has 0 aromatic carbocycles. The molecule has 0 radical (unpaired) electrons. The lowest BCUT2D eigenvalue weighted by Gasteiger charge is -2.28. The van der Waals surface area contributed by atoms with Crippen molar-refractivity contribution in [3.8, 4) is 0 Å². The van der Waals surface area contributed by atoms with Gasteiger partial charge in [-0.05, 0) is 32.3 Å². The Morgan fingerprint density at radius 1 is 1.22 bits per heavy atom. The van der Waals surface area contributed by atoms with Gasteiger partial charge in [-0.15, -0.1) is 0 Å². The summed E-state index contributed by atoms with van der Waals surface area (Å²) < 4.78 is 0. The van der Waals surface area contributed by atoms with E-state index in [2.05, 4.69) is 37.6 Å². The molecule has 0 fully saturated rings. The fourth-order valence-corrected chi connectivity index (χ4v) is 1.98. The molecule has 3 heteroatoms. The summed E-state index contributed by atoms with van der Waals surface area (Å²) in [5.41, 5.74) is 1.16. The molecule has 1 unspecified atom stereocenters. The first kappa shape index (κ1) is 14.9. The maximum absolute atomic E-state index is 4.70. The van der Waals surface area contributed by atoms with Gasteiger partial charge in [0.15, 0.2) is 0 Å². The van der Waals surface area contributed by atoms with Crippen LogP contribution in [0.25, 0.3) is 0 Å². The van der Waals surface area contributed by atoms with Gasteiger partial charge in [-0.2, -0.15) is 0 Å². The van der Waals surface area contributed by atoms with Crippen molar-refractivity contribution in [1.82, 2.24) is 9.97 Å². The van der Waals surface area contributed by atoms with Crippen molar-refractivity contribution >= 4 is 5.95 Å². The molecule has 1 atom stereocenters. The summed E-state index contributed by atoms with van der Waals surface area (Å²) in [6.45, 7) is 9.95. The van der Waals surface area contributed by atoms with Gasteiger partial charge in [0.2, 0.25) is 5.95 Å². The lowest BCUT2D eigenvalue weighted by Crippen LogP contribution is -2.35. The molecular weight excluding hydrogens is 222 g/mol. The molecule has 0 bridgehead atoms. The molecule has 0 saturated heterocycles. The first-order valence-electron chi connectivity index (χ1n) is 7.31. The van der Waals surface area contributed by atoms with Crippen molar-refractivity contribution in [3.05, 3.63) is 18.0 Å². The first-order valence-corrected chi connectivity index (χ1v) is 7.31. The molecule has 1 heterocycles. The van der Waals surface area contributed by atoms with Gasteiger partial charge in [-0.1, -0.05) is 33.6 Å². The molecule has 0 aliphatic heterocycles. The van der Waals surface area contributed by atoms with E-state index >= 15 is 0 Å². The predicted octanol–water partition coefficient (Wildman–Crippen LogP) is 3.83. The molecule has 1 rings (SSSR count). The van der Waals surface area contributed by atoms with Gasteiger partial charge >= 0.3 is 0 Å². The van der Waals surface area contributed by atoms with Crippen LogP contribution in [-0.4, -0.2) is 22.6 Å². The van der Waals surface area contributed by atoms with Crippen molar-refractivity contribution in [2.75, 3.05) is 11.4 Å². The zero-order valence-electron chi connectivity index (χ0n) is 12.3. The molecule has 0 saturated carbocycles. The van der Waals surface area contributed by atoms with Gasteiger partial charge < -0.3 is 4.90 Å². The molecule has 0 amide bonds. The summed E-state index contributed by atoms with van der Waals surface area (Å²) in [6.07, 6.45) is 7.61. The zero-order valence-corrected chi connectivity index (χ0v) is 12.3. The lowest BCUT2D eigenvalue weighted by molar-refractivity contribution is 0.581. The Hall–Kier alpha value is -1.12. The Kier molecular flexibility index (Phi) is 6.69. The number of anilines is 1. The molecule has 0 aliphatic carbocycles. The Labute approximate surface area is 112 Å². The highest BCUT2D eigenvalue weighted by Gasteiger charge is 2.15. The molecule has 102 valence electrons. The maximum Gasteiger partial charge on any atom is 0.225 e. The Balaban J connectivity index is 2.85. The van der Waals surface area contributed by atoms with Gasteiger partial charge in [0.25, 0.3) is 0 Å². The van der Waals surface area contributed by atoms with Gasteiger partial charge in [0, 0.05) is 24.5 Å². The fourth-order valence-electron chi connectivity index (χ4n) is 1.98. The molecule has 3 nitrogen and oxygen atoms in total. The van der Waals surface area contributed by atoms with E-state index in [4.69, 9.17) is 4.98 Å². The van der Waals surface area contributed by atoms with E-state index in [1.165, 1.54) is 12.8 Å². The van der Waals surface area contributed by atoms with Crippen molar-refractivity contribution in [1.29, 1.82) is 0 Å². The van der Waals surface area contributed by atoms with Gasteiger partial charge in [0.05, 0.1) is 0 Å². The molecule has 0 aliphatic rings. The Morgan fingerprint density at radius 2 is 2.00 bits per heavy atom. The Bertz CT molecular complexity index is 338. The summed E-state index contributed by atoms with van der Waals surface area (Å²) >= 11 is 0. The van der Waals surface area contributed by atoms with Crippen molar-refractivity contribution in [3.63, 3.8) is 0 Å². The van der Waals surface area contributed by atoms with Gasteiger partial charge in [-0.3, -0.25) is 0 Å². The van der Waals surface area contributed by atoms with Crippen LogP contribution in [0.3, 0.4) is 0 Å². The zero-order chi connectivity index (χ0) is 13.4. The minimum Gasteiger partial charge on any atom is -0.338 e. The van der Waals surface area contributed by atoms with Crippen LogP contribution in [0.15, 0.2) is 12.3 Å². The third-order valence-corrected chi connectivity index (χ3v) is 3.34. The number of unbranched alkanes of at least 4 members (excludes halogenated alkanes) is 1. The number of rotatable bonds is 8. The molecule has 1 aromatic heterocycles. The molecule has 1 aromatic rings. The second-order valence-electron chi connectivity index (χ2n) is 4.90. The van der Waals surface area contributed by atoms with E-state index in [-0.39, 0.29) is 0 Å². The number of aryl methyl sites for hydroxylation is 1. The standard InChI is InChI=1S/C15H27N3/c1-5-8-12-18(13(4)7-3)15-16-11-10-14(17-15)9-6-2/h10-11,13H,5-9,12H2,1-4H3. The molecule has 0 spiro atoms. The topological polar surface area (TPSA) is 29.0 Å². The van der Waals surface area contributed by atoms with Crippen LogP contribution in [0.1, 0.15) is 59.1 Å². The third-order valence-electron chi connectivity index (χ3n) is 3.34. The summed E-state index contributed by atoms with van der Waals surface area (Å²) in [6, 6.07) is 2.54. The minimum atomic E-state index is 0.508. The molecule has 18 heavy (non-hydrogen) atoms. The van der Waals surface area contributed by atoms with Crippen LogP contribution >= 0.6 is 0 Å².